The van der Waals surface area contributed by atoms with E-state index in [2.05, 4.69) is 5.43 Å². The van der Waals surface area contributed by atoms with Crippen molar-refractivity contribution < 1.29 is 33.0 Å². The van der Waals surface area contributed by atoms with Crippen molar-refractivity contribution in [1.29, 1.82) is 0 Å². The zero-order chi connectivity index (χ0) is 21.8. The maximum Gasteiger partial charge on any atom is 0.414 e. The molecule has 0 saturated carbocycles. The fourth-order valence-electron chi connectivity index (χ4n) is 3.51. The lowest BCUT2D eigenvalue weighted by molar-refractivity contribution is -0.137. The Bertz CT molecular complexity index is 814. The van der Waals surface area contributed by atoms with Crippen LogP contribution in [0.15, 0.2) is 12.1 Å². The number of Topliss-reactive ketones (excluding diaryl/α,β-unsaturated/α-hetero) is 1. The van der Waals surface area contributed by atoms with Crippen LogP contribution in [0.5, 0.6) is 0 Å². The Hall–Kier alpha value is -2.79. The van der Waals surface area contributed by atoms with Crippen molar-refractivity contribution in [2.75, 3.05) is 49.1 Å². The van der Waals surface area contributed by atoms with Gasteiger partial charge in [-0.25, -0.2) is 19.0 Å². The average Bonchev–Trinajstić information content (AvgIpc) is 2.90. The highest BCUT2D eigenvalue weighted by Gasteiger charge is 2.34. The van der Waals surface area contributed by atoms with Crippen LogP contribution in [-0.2, 0) is 14.3 Å². The summed E-state index contributed by atoms with van der Waals surface area (Å²) >= 11 is 0. The molecule has 3 rings (SSSR count). The number of ketones is 1. The summed E-state index contributed by atoms with van der Waals surface area (Å²) in [6, 6.07) is 2.14. The van der Waals surface area contributed by atoms with Crippen LogP contribution in [0.2, 0.25) is 0 Å². The van der Waals surface area contributed by atoms with Gasteiger partial charge >= 0.3 is 6.09 Å². The number of rotatable bonds is 6. The zero-order valence-electron chi connectivity index (χ0n) is 16.6. The van der Waals surface area contributed by atoms with Crippen LogP contribution < -0.4 is 15.2 Å². The average molecular weight is 426 g/mol. The number of aliphatic hydroxyl groups is 1. The first-order chi connectivity index (χ1) is 14.3. The molecule has 0 aromatic heterocycles. The summed E-state index contributed by atoms with van der Waals surface area (Å²) < 4.78 is 34.9. The van der Waals surface area contributed by atoms with E-state index in [1.807, 2.05) is 0 Å². The number of nitrogens with zero attached hydrogens (tertiary/aromatic N) is 3. The van der Waals surface area contributed by atoms with E-state index < -0.39 is 36.3 Å². The molecule has 2 fully saturated rings. The van der Waals surface area contributed by atoms with Gasteiger partial charge in [0.2, 0.25) is 0 Å². The highest BCUT2D eigenvalue weighted by molar-refractivity contribution is 5.90. The van der Waals surface area contributed by atoms with Crippen molar-refractivity contribution in [2.45, 2.75) is 25.9 Å². The van der Waals surface area contributed by atoms with E-state index in [1.54, 1.807) is 0 Å². The molecule has 2 amide bonds. The molecular formula is C19H24F2N4O5. The minimum absolute atomic E-state index is 0.0304. The molecule has 11 heteroatoms. The van der Waals surface area contributed by atoms with E-state index in [0.29, 0.717) is 6.42 Å². The Morgan fingerprint density at radius 3 is 2.57 bits per heavy atom. The third kappa shape index (κ3) is 4.85. The number of carbonyl (C=O) groups is 3. The van der Waals surface area contributed by atoms with Gasteiger partial charge in [0.1, 0.15) is 24.2 Å². The number of aliphatic hydroxyl groups excluding tert-OH is 1. The summed E-state index contributed by atoms with van der Waals surface area (Å²) in [7, 11) is 0. The smallest absolute Gasteiger partial charge is 0.414 e. The van der Waals surface area contributed by atoms with E-state index >= 15 is 0 Å². The standard InChI is InChI=1S/C19H24F2N4O5/c1-12(27)2-3-14-10-24(19(29)30-14)13-8-15(20)18(16(21)9-13)23-5-4-22-25(7-6-23)17(28)11-26/h8-9,14,22,26H,2-7,10-11H2,1H3/t14-/m0/s1. The minimum atomic E-state index is -0.841. The second kappa shape index (κ2) is 9.35. The fourth-order valence-corrected chi connectivity index (χ4v) is 3.51. The molecule has 0 radical (unpaired) electrons. The van der Waals surface area contributed by atoms with Gasteiger partial charge in [-0.15, -0.1) is 0 Å². The van der Waals surface area contributed by atoms with E-state index in [1.165, 1.54) is 16.8 Å². The van der Waals surface area contributed by atoms with E-state index in [0.717, 1.165) is 17.0 Å². The number of hydrazine groups is 1. The van der Waals surface area contributed by atoms with Crippen molar-refractivity contribution in [3.8, 4) is 0 Å². The topological polar surface area (TPSA) is 102 Å². The maximum atomic E-state index is 14.8. The van der Waals surface area contributed by atoms with Crippen molar-refractivity contribution in [1.82, 2.24) is 10.4 Å². The Morgan fingerprint density at radius 1 is 1.23 bits per heavy atom. The highest BCUT2D eigenvalue weighted by atomic mass is 19.1. The van der Waals surface area contributed by atoms with Crippen LogP contribution >= 0.6 is 0 Å². The second-order valence-corrected chi connectivity index (χ2v) is 7.21. The highest BCUT2D eigenvalue weighted by Crippen LogP contribution is 2.31. The predicted molar refractivity (Wildman–Crippen MR) is 103 cm³/mol. The maximum absolute atomic E-state index is 14.8. The minimum Gasteiger partial charge on any atom is -0.444 e. The van der Waals surface area contributed by atoms with Gasteiger partial charge in [0.05, 0.1) is 18.8 Å². The van der Waals surface area contributed by atoms with Crippen LogP contribution in [-0.4, -0.2) is 73.3 Å². The van der Waals surface area contributed by atoms with Gasteiger partial charge in [0, 0.05) is 38.2 Å². The molecule has 164 valence electrons. The summed E-state index contributed by atoms with van der Waals surface area (Å²) in [5.74, 6) is -2.24. The quantitative estimate of drug-likeness (QED) is 0.694. The largest absolute Gasteiger partial charge is 0.444 e. The number of halogens is 2. The van der Waals surface area contributed by atoms with Gasteiger partial charge < -0.3 is 19.5 Å². The van der Waals surface area contributed by atoms with Crippen molar-refractivity contribution >= 4 is 29.2 Å². The SMILES string of the molecule is CC(=O)CC[C@H]1CN(c2cc(F)c(N3CCNN(C(=O)CO)CC3)c(F)c2)C(=O)O1. The van der Waals surface area contributed by atoms with Gasteiger partial charge in [-0.2, -0.15) is 0 Å². The number of amides is 2. The fraction of sp³-hybridized carbons (Fsp3) is 0.526. The lowest BCUT2D eigenvalue weighted by atomic mass is 10.1. The normalized spacial score (nSPS) is 19.7. The molecular weight excluding hydrogens is 402 g/mol. The second-order valence-electron chi connectivity index (χ2n) is 7.21. The summed E-state index contributed by atoms with van der Waals surface area (Å²) in [6.45, 7) is 1.67. The molecule has 1 aromatic rings. The molecule has 30 heavy (non-hydrogen) atoms. The molecule has 0 bridgehead atoms. The number of anilines is 2. The molecule has 1 atom stereocenters. The Labute approximate surface area is 172 Å². The number of hydrogen-bond donors (Lipinski definition) is 2. The molecule has 0 unspecified atom stereocenters. The number of carbonyl (C=O) groups excluding carboxylic acids is 3. The monoisotopic (exact) mass is 426 g/mol. The van der Waals surface area contributed by atoms with Crippen LogP contribution in [0.25, 0.3) is 0 Å². The van der Waals surface area contributed by atoms with Gasteiger partial charge in [-0.3, -0.25) is 14.7 Å². The first-order valence-electron chi connectivity index (χ1n) is 9.66. The summed E-state index contributed by atoms with van der Waals surface area (Å²) in [5, 5.41) is 10.2. The third-order valence-corrected chi connectivity index (χ3v) is 5.04. The van der Waals surface area contributed by atoms with Crippen LogP contribution in [0, 0.1) is 11.6 Å². The van der Waals surface area contributed by atoms with E-state index in [9.17, 15) is 23.2 Å². The number of ether oxygens (including phenoxy) is 1. The summed E-state index contributed by atoms with van der Waals surface area (Å²) in [5.41, 5.74) is 2.59. The molecule has 2 heterocycles. The molecule has 2 N–H and O–H groups in total. The number of cyclic esters (lactones) is 1. The lowest BCUT2D eigenvalue weighted by Crippen LogP contribution is -2.45. The van der Waals surface area contributed by atoms with E-state index in [-0.39, 0.29) is 56.3 Å². The Morgan fingerprint density at radius 2 is 1.93 bits per heavy atom. The first-order valence-corrected chi connectivity index (χ1v) is 9.66. The van der Waals surface area contributed by atoms with Gasteiger partial charge in [0.25, 0.3) is 5.91 Å². The molecule has 0 spiro atoms. The Balaban J connectivity index is 1.73. The molecule has 2 aliphatic rings. The molecule has 2 aliphatic heterocycles. The van der Waals surface area contributed by atoms with Crippen molar-refractivity contribution in [3.63, 3.8) is 0 Å². The van der Waals surface area contributed by atoms with Crippen molar-refractivity contribution in [2.24, 2.45) is 0 Å². The number of hydrogen-bond acceptors (Lipinski definition) is 7. The lowest BCUT2D eigenvalue weighted by Gasteiger charge is -2.25. The van der Waals surface area contributed by atoms with Crippen LogP contribution in [0.1, 0.15) is 19.8 Å². The number of benzene rings is 1. The van der Waals surface area contributed by atoms with Crippen molar-refractivity contribution in [3.05, 3.63) is 23.8 Å². The molecule has 0 aliphatic carbocycles. The Kier molecular flexibility index (Phi) is 6.83. The van der Waals surface area contributed by atoms with Crippen LogP contribution in [0.4, 0.5) is 25.0 Å². The van der Waals surface area contributed by atoms with E-state index in [4.69, 9.17) is 9.84 Å². The molecule has 9 nitrogen and oxygen atoms in total. The van der Waals surface area contributed by atoms with Gasteiger partial charge in [-0.1, -0.05) is 0 Å². The number of nitrogens with one attached hydrogen (secondary N) is 1. The zero-order valence-corrected chi connectivity index (χ0v) is 16.6. The molecule has 1 aromatic carbocycles. The molecule has 2 saturated heterocycles. The summed E-state index contributed by atoms with van der Waals surface area (Å²) in [6.07, 6.45) is -0.623. The van der Waals surface area contributed by atoms with Gasteiger partial charge in [-0.05, 0) is 13.3 Å². The van der Waals surface area contributed by atoms with Crippen LogP contribution in [0.3, 0.4) is 0 Å². The summed E-state index contributed by atoms with van der Waals surface area (Å²) in [4.78, 5) is 37.4. The third-order valence-electron chi connectivity index (χ3n) is 5.04. The first kappa shape index (κ1) is 21.9. The van der Waals surface area contributed by atoms with Gasteiger partial charge in [0.15, 0.2) is 11.6 Å². The predicted octanol–water partition coefficient (Wildman–Crippen LogP) is 0.805.